The quantitative estimate of drug-likeness (QED) is 0.0596. The van der Waals surface area contributed by atoms with E-state index in [4.69, 9.17) is 21.1 Å². The van der Waals surface area contributed by atoms with Gasteiger partial charge >= 0.3 is 0 Å². The number of rotatable bonds is 25. The molecule has 0 spiro atoms. The van der Waals surface area contributed by atoms with Crippen LogP contribution >= 0.6 is 11.6 Å². The molecule has 7 heteroatoms. The lowest BCUT2D eigenvalue weighted by atomic mass is 10.1. The first-order valence-corrected chi connectivity index (χ1v) is 28.8. The molecule has 0 aliphatic rings. The smallest absolute Gasteiger partial charge is 0.137 e. The normalized spacial score (nSPS) is 12.5. The van der Waals surface area contributed by atoms with E-state index >= 15 is 0 Å². The molecular formula is C37H66ClNO2Si3. The van der Waals surface area contributed by atoms with Crippen molar-refractivity contribution in [3.8, 4) is 22.8 Å². The van der Waals surface area contributed by atoms with Gasteiger partial charge in [0, 0.05) is 35.7 Å². The summed E-state index contributed by atoms with van der Waals surface area (Å²) in [6.07, 6.45) is 18.6. The summed E-state index contributed by atoms with van der Waals surface area (Å²) in [6.45, 7) is 19.9. The summed E-state index contributed by atoms with van der Waals surface area (Å²) in [6, 6.07) is 13.9. The number of unbranched alkanes of at least 4 members (excludes halogenated alkanes) is 11. The van der Waals surface area contributed by atoms with Crippen molar-refractivity contribution in [3.63, 3.8) is 0 Å². The van der Waals surface area contributed by atoms with Gasteiger partial charge in [0.05, 0.1) is 25.1 Å². The Morgan fingerprint density at radius 1 is 0.545 bits per heavy atom. The fraction of sp³-hybridized carbons (Fsp3) is 0.703. The summed E-state index contributed by atoms with van der Waals surface area (Å²) in [5, 5.41) is 0. The molecule has 0 saturated carbocycles. The van der Waals surface area contributed by atoms with Crippen molar-refractivity contribution in [2.75, 3.05) is 19.1 Å². The van der Waals surface area contributed by atoms with Crippen LogP contribution in [0.1, 0.15) is 83.5 Å². The van der Waals surface area contributed by atoms with E-state index in [1.54, 1.807) is 17.4 Å². The van der Waals surface area contributed by atoms with Crippen LogP contribution in [0.15, 0.2) is 42.6 Å². The maximum absolute atomic E-state index is 6.01. The van der Waals surface area contributed by atoms with Crippen LogP contribution in [0.5, 0.6) is 11.5 Å². The third kappa shape index (κ3) is 18.8. The molecule has 0 fully saturated rings. The highest BCUT2D eigenvalue weighted by Crippen LogP contribution is 2.31. The van der Waals surface area contributed by atoms with Crippen LogP contribution in [0, 0.1) is 0 Å². The van der Waals surface area contributed by atoms with Crippen molar-refractivity contribution < 1.29 is 9.47 Å². The zero-order valence-corrected chi connectivity index (χ0v) is 33.4. The van der Waals surface area contributed by atoms with E-state index in [1.807, 2.05) is 18.3 Å². The average Bonchev–Trinajstić information content (AvgIpc) is 2.94. The van der Waals surface area contributed by atoms with Crippen LogP contribution in [0.25, 0.3) is 11.3 Å². The fourth-order valence-electron chi connectivity index (χ4n) is 7.11. The molecule has 0 bridgehead atoms. The van der Waals surface area contributed by atoms with E-state index in [9.17, 15) is 0 Å². The fourth-order valence-corrected chi connectivity index (χ4v) is 32.7. The summed E-state index contributed by atoms with van der Waals surface area (Å²) in [4.78, 5) is 4.59. The Hall–Kier alpha value is -1.09. The van der Waals surface area contributed by atoms with E-state index in [2.05, 4.69) is 75.1 Å². The minimum Gasteiger partial charge on any atom is -0.494 e. The monoisotopic (exact) mass is 675 g/mol. The molecule has 0 radical (unpaired) electrons. The van der Waals surface area contributed by atoms with Crippen molar-refractivity contribution in [3.05, 3.63) is 42.6 Å². The molecule has 0 aliphatic heterocycles. The molecule has 0 saturated heterocycles. The Kier molecular flexibility index (Phi) is 18.6. The Labute approximate surface area is 280 Å². The van der Waals surface area contributed by atoms with Crippen molar-refractivity contribution in [1.29, 1.82) is 0 Å². The Morgan fingerprint density at radius 3 is 1.57 bits per heavy atom. The van der Waals surface area contributed by atoms with Crippen molar-refractivity contribution in [2.24, 2.45) is 0 Å². The Bertz CT molecular complexity index is 1010. The molecule has 0 amide bonds. The number of hydrogen-bond donors (Lipinski definition) is 0. The van der Waals surface area contributed by atoms with Crippen molar-refractivity contribution in [2.45, 2.75) is 147 Å². The van der Waals surface area contributed by atoms with Crippen LogP contribution < -0.4 is 9.47 Å². The van der Waals surface area contributed by atoms with E-state index in [0.717, 1.165) is 67.5 Å². The van der Waals surface area contributed by atoms with E-state index in [0.29, 0.717) is 0 Å². The second-order valence-corrected chi connectivity index (χ2v) is 33.4. The predicted molar refractivity (Wildman–Crippen MR) is 204 cm³/mol. The minimum absolute atomic E-state index is 0.730. The van der Waals surface area contributed by atoms with Crippen LogP contribution in [0.3, 0.4) is 0 Å². The lowest BCUT2D eigenvalue weighted by molar-refractivity contribution is 0.304. The summed E-state index contributed by atoms with van der Waals surface area (Å²) in [5.41, 5.74) is 5.30. The number of pyridine rings is 1. The van der Waals surface area contributed by atoms with E-state index in [-0.39, 0.29) is 0 Å². The topological polar surface area (TPSA) is 31.4 Å². The molecule has 1 aromatic heterocycles. The number of halogens is 1. The van der Waals surface area contributed by atoms with Gasteiger partial charge in [0.15, 0.2) is 0 Å². The largest absolute Gasteiger partial charge is 0.494 e. The maximum Gasteiger partial charge on any atom is 0.137 e. The number of aromatic nitrogens is 1. The van der Waals surface area contributed by atoms with Crippen LogP contribution in [0.4, 0.5) is 0 Å². The SMILES string of the molecule is C[Si](C)(C)C[Si](C)(C)C[Si](C)(C)CCCCCCCCCCCOc1ccc(-c2ccc(OCCCCCCCl)cn2)cc1. The van der Waals surface area contributed by atoms with Gasteiger partial charge in [-0.3, -0.25) is 4.98 Å². The number of hydrogen-bond acceptors (Lipinski definition) is 3. The number of nitrogens with zero attached hydrogens (tertiary/aromatic N) is 1. The molecule has 0 aliphatic carbocycles. The molecule has 0 N–H and O–H groups in total. The van der Waals surface area contributed by atoms with E-state index < -0.39 is 24.2 Å². The molecule has 250 valence electrons. The molecule has 2 aromatic rings. The molecule has 2 rings (SSSR count). The van der Waals surface area contributed by atoms with Crippen LogP contribution in [-0.2, 0) is 0 Å². The first kappa shape index (κ1) is 39.1. The second-order valence-electron chi connectivity index (χ2n) is 15.9. The molecular weight excluding hydrogens is 610 g/mol. The lowest BCUT2D eigenvalue weighted by Crippen LogP contribution is -2.44. The number of alkyl halides is 1. The van der Waals surface area contributed by atoms with Gasteiger partial charge in [-0.2, -0.15) is 0 Å². The summed E-state index contributed by atoms with van der Waals surface area (Å²) in [7, 11) is -2.96. The van der Waals surface area contributed by atoms with Gasteiger partial charge in [0.25, 0.3) is 0 Å². The maximum atomic E-state index is 6.01. The zero-order chi connectivity index (χ0) is 32.3. The Morgan fingerprint density at radius 2 is 1.05 bits per heavy atom. The van der Waals surface area contributed by atoms with Gasteiger partial charge in [-0.1, -0.05) is 127 Å². The molecule has 1 heterocycles. The van der Waals surface area contributed by atoms with Gasteiger partial charge in [0.2, 0.25) is 0 Å². The molecule has 0 unspecified atom stereocenters. The standard InChI is InChI=1S/C37H66ClNO2Si3/c1-42(2,3)32-44(6,7)33-43(4,5)30-20-16-12-10-8-9-11-14-18-28-40-35-23-21-34(22-24-35)37-26-25-36(31-39-37)41-29-19-15-13-17-27-38/h21-26,31H,8-20,27-30,32-33H2,1-7H3. The van der Waals surface area contributed by atoms with Crippen LogP contribution in [-0.4, -0.2) is 48.3 Å². The highest BCUT2D eigenvalue weighted by molar-refractivity contribution is 7.02. The summed E-state index contributed by atoms with van der Waals surface area (Å²) < 4.78 is 11.8. The highest BCUT2D eigenvalue weighted by Gasteiger charge is 2.34. The van der Waals surface area contributed by atoms with E-state index in [1.165, 1.54) is 57.8 Å². The number of benzene rings is 1. The predicted octanol–water partition coefficient (Wildman–Crippen LogP) is 12.6. The molecule has 44 heavy (non-hydrogen) atoms. The first-order valence-electron chi connectivity index (χ1n) is 17.8. The zero-order valence-electron chi connectivity index (χ0n) is 29.6. The van der Waals surface area contributed by atoms with Crippen LogP contribution in [0.2, 0.25) is 63.2 Å². The van der Waals surface area contributed by atoms with Gasteiger partial charge in [-0.05, 0) is 55.7 Å². The summed E-state index contributed by atoms with van der Waals surface area (Å²) >= 11 is 5.73. The second kappa shape index (κ2) is 20.9. The van der Waals surface area contributed by atoms with Crippen molar-refractivity contribution in [1.82, 2.24) is 4.98 Å². The molecule has 1 aromatic carbocycles. The van der Waals surface area contributed by atoms with Gasteiger partial charge < -0.3 is 9.47 Å². The lowest BCUT2D eigenvalue weighted by Gasteiger charge is -2.36. The third-order valence-corrected chi connectivity index (χ3v) is 26.1. The molecule has 3 nitrogen and oxygen atoms in total. The average molecular weight is 677 g/mol. The first-order chi connectivity index (χ1) is 20.9. The number of ether oxygens (including phenoxy) is 2. The molecule has 0 atom stereocenters. The van der Waals surface area contributed by atoms with Gasteiger partial charge in [-0.15, -0.1) is 11.6 Å². The van der Waals surface area contributed by atoms with Gasteiger partial charge in [-0.25, -0.2) is 0 Å². The summed E-state index contributed by atoms with van der Waals surface area (Å²) in [5.74, 6) is 2.52. The minimum atomic E-state index is -1.02. The Balaban J connectivity index is 1.49. The highest BCUT2D eigenvalue weighted by atomic mass is 35.5. The van der Waals surface area contributed by atoms with Gasteiger partial charge in [0.1, 0.15) is 11.5 Å². The third-order valence-electron chi connectivity index (χ3n) is 8.42. The van der Waals surface area contributed by atoms with Crippen molar-refractivity contribution >= 4 is 35.8 Å².